The Morgan fingerprint density at radius 2 is 1.89 bits per heavy atom. The number of fused-ring (bicyclic) bond motifs is 5. The van der Waals surface area contributed by atoms with Crippen LogP contribution in [-0.4, -0.2) is 125 Å². The topological polar surface area (TPSA) is 121 Å². The van der Waals surface area contributed by atoms with E-state index in [-0.39, 0.29) is 65.4 Å². The number of hydrogen-bond acceptors (Lipinski definition) is 8. The second-order valence-corrected chi connectivity index (χ2v) is 14.8. The second-order valence-electron chi connectivity index (χ2n) is 13.7. The van der Waals surface area contributed by atoms with Crippen molar-refractivity contribution in [1.82, 2.24) is 41.3 Å². The summed E-state index contributed by atoms with van der Waals surface area (Å²) in [7, 11) is 0. The molecular formula is C30H48F2N8O3S. The van der Waals surface area contributed by atoms with Crippen LogP contribution in [0.2, 0.25) is 0 Å². The van der Waals surface area contributed by atoms with Crippen LogP contribution >= 0.6 is 11.8 Å². The number of carbonyl (C=O) groups is 3. The Kier molecular flexibility index (Phi) is 9.45. The fourth-order valence-electron chi connectivity index (χ4n) is 8.74. The molecule has 14 heteroatoms. The van der Waals surface area contributed by atoms with Gasteiger partial charge < -0.3 is 20.4 Å². The lowest BCUT2D eigenvalue weighted by Crippen LogP contribution is -2.81. The van der Waals surface area contributed by atoms with Crippen molar-refractivity contribution in [1.29, 1.82) is 0 Å². The Bertz CT molecular complexity index is 1120. The van der Waals surface area contributed by atoms with Crippen molar-refractivity contribution in [3.8, 4) is 0 Å². The molecule has 0 spiro atoms. The summed E-state index contributed by atoms with van der Waals surface area (Å²) in [5, 5.41) is 16.7. The molecule has 0 aromatic heterocycles. The zero-order valence-electron chi connectivity index (χ0n) is 25.9. The molecule has 11 nitrogen and oxygen atoms in total. The minimum absolute atomic E-state index is 0.0792. The van der Waals surface area contributed by atoms with E-state index in [9.17, 15) is 14.4 Å². The molecule has 6 fully saturated rings. The van der Waals surface area contributed by atoms with Gasteiger partial charge in [-0.15, -0.1) is 11.8 Å². The standard InChI is InChI=1S/C30H48F2N8O3S/c1-5-22(42)38-9-10-39(16(4)12-38)27-17-11-19(32)25-23-18(31)7-6-8-20(23)35-21(41)13-44-29-26(24(15(2)3)33-14-34-29)40(28(17)36-25)30(43)37-27/h5,15-20,23-29,33-34,36H,1,6-14H2,2-4H3,(H,35,41)(H,37,43)/t16-,17?,18?,19?,20?,23?,24?,25?,26?,27?,28?,29?/m1/s1. The van der Waals surface area contributed by atoms with Crippen LogP contribution in [0.15, 0.2) is 12.7 Å². The number of carbonyl (C=O) groups excluding carboxylic acids is 3. The van der Waals surface area contributed by atoms with Gasteiger partial charge in [-0.1, -0.05) is 20.4 Å². The van der Waals surface area contributed by atoms with E-state index in [4.69, 9.17) is 0 Å². The fourth-order valence-corrected chi connectivity index (χ4v) is 9.85. The highest BCUT2D eigenvalue weighted by molar-refractivity contribution is 8.00. The maximum Gasteiger partial charge on any atom is 0.320 e. The molecule has 4 amide bonds. The molecule has 5 aliphatic heterocycles. The van der Waals surface area contributed by atoms with Gasteiger partial charge in [-0.2, -0.15) is 0 Å². The highest BCUT2D eigenvalue weighted by Crippen LogP contribution is 2.42. The SMILES string of the molecule is C=CC(=O)N1CCN(C2NC(=O)N3C4NC(C(F)CC42)C2C(F)CCCC2NC(=O)CSC2NCNC(C(C)C)C23)[C@H](C)C1. The molecule has 1 saturated carbocycles. The molecule has 5 N–H and O–H groups in total. The van der Waals surface area contributed by atoms with E-state index in [0.29, 0.717) is 45.6 Å². The number of amides is 4. The van der Waals surface area contributed by atoms with Gasteiger partial charge in [0.05, 0.1) is 29.5 Å². The molecule has 5 heterocycles. The Morgan fingerprint density at radius 1 is 1.09 bits per heavy atom. The van der Waals surface area contributed by atoms with Crippen LogP contribution in [0.5, 0.6) is 0 Å². The van der Waals surface area contributed by atoms with Crippen LogP contribution in [-0.2, 0) is 9.59 Å². The smallest absolute Gasteiger partial charge is 0.320 e. The van der Waals surface area contributed by atoms with Crippen LogP contribution in [0.1, 0.15) is 46.5 Å². The zero-order chi connectivity index (χ0) is 31.3. The van der Waals surface area contributed by atoms with Crippen molar-refractivity contribution in [3.63, 3.8) is 0 Å². The molecule has 5 saturated heterocycles. The summed E-state index contributed by atoms with van der Waals surface area (Å²) in [6.45, 7) is 11.9. The molecule has 0 radical (unpaired) electrons. The molecule has 246 valence electrons. The first-order valence-electron chi connectivity index (χ1n) is 16.3. The van der Waals surface area contributed by atoms with Crippen LogP contribution in [0, 0.1) is 17.8 Å². The molecule has 12 atom stereocenters. The Morgan fingerprint density at radius 3 is 2.61 bits per heavy atom. The maximum absolute atomic E-state index is 16.5. The first-order valence-corrected chi connectivity index (χ1v) is 17.3. The van der Waals surface area contributed by atoms with Gasteiger partial charge >= 0.3 is 6.03 Å². The van der Waals surface area contributed by atoms with E-state index < -0.39 is 42.7 Å². The van der Waals surface area contributed by atoms with E-state index in [1.54, 1.807) is 4.90 Å². The number of nitrogens with zero attached hydrogens (tertiary/aromatic N) is 3. The summed E-state index contributed by atoms with van der Waals surface area (Å²) in [5.74, 6) is -1.06. The number of alkyl halides is 2. The van der Waals surface area contributed by atoms with Gasteiger partial charge in [0.15, 0.2) is 0 Å². The summed E-state index contributed by atoms with van der Waals surface area (Å²) in [5.41, 5.74) is 0. The number of halogens is 2. The minimum Gasteiger partial charge on any atom is -0.352 e. The lowest BCUT2D eigenvalue weighted by molar-refractivity contribution is -0.132. The van der Waals surface area contributed by atoms with Gasteiger partial charge in [0.1, 0.15) is 12.3 Å². The van der Waals surface area contributed by atoms with Crippen LogP contribution in [0.4, 0.5) is 13.6 Å². The van der Waals surface area contributed by atoms with E-state index in [1.165, 1.54) is 17.8 Å². The highest BCUT2D eigenvalue weighted by Gasteiger charge is 2.58. The van der Waals surface area contributed by atoms with Crippen molar-refractivity contribution >= 4 is 29.6 Å². The quantitative estimate of drug-likeness (QED) is 0.290. The predicted molar refractivity (Wildman–Crippen MR) is 165 cm³/mol. The largest absolute Gasteiger partial charge is 0.352 e. The molecule has 0 aromatic carbocycles. The molecule has 0 aromatic rings. The Labute approximate surface area is 263 Å². The predicted octanol–water partition coefficient (Wildman–Crippen LogP) is 0.938. The Balaban J connectivity index is 1.39. The summed E-state index contributed by atoms with van der Waals surface area (Å²) < 4.78 is 32.3. The van der Waals surface area contributed by atoms with Crippen LogP contribution < -0.4 is 26.6 Å². The number of hydrogen-bond donors (Lipinski definition) is 5. The average molecular weight is 639 g/mol. The van der Waals surface area contributed by atoms with Crippen molar-refractivity contribution in [2.75, 3.05) is 32.1 Å². The number of piperidine rings is 1. The van der Waals surface area contributed by atoms with Crippen LogP contribution in [0.25, 0.3) is 0 Å². The van der Waals surface area contributed by atoms with Crippen molar-refractivity contribution in [2.24, 2.45) is 17.8 Å². The third kappa shape index (κ3) is 5.85. The van der Waals surface area contributed by atoms with E-state index >= 15 is 8.78 Å². The van der Waals surface area contributed by atoms with Gasteiger partial charge in [0.2, 0.25) is 11.8 Å². The van der Waals surface area contributed by atoms with Gasteiger partial charge in [-0.3, -0.25) is 30.4 Å². The zero-order valence-corrected chi connectivity index (χ0v) is 26.7. The number of piperazine rings is 1. The molecule has 6 rings (SSSR count). The first kappa shape index (κ1) is 32.0. The van der Waals surface area contributed by atoms with Crippen LogP contribution in [0.3, 0.4) is 0 Å². The van der Waals surface area contributed by atoms with Gasteiger partial charge in [-0.05, 0) is 44.6 Å². The number of urea groups is 1. The van der Waals surface area contributed by atoms with E-state index in [0.717, 1.165) is 0 Å². The first-order chi connectivity index (χ1) is 21.1. The monoisotopic (exact) mass is 638 g/mol. The maximum atomic E-state index is 16.5. The Hall–Kier alpha value is -2.00. The molecular weight excluding hydrogens is 590 g/mol. The molecule has 1 aliphatic carbocycles. The lowest BCUT2D eigenvalue weighted by atomic mass is 9.72. The molecule has 6 aliphatic rings. The number of nitrogens with one attached hydrogen (secondary N) is 5. The third-order valence-corrected chi connectivity index (χ3v) is 12.0. The van der Waals surface area contributed by atoms with E-state index in [2.05, 4.69) is 51.9 Å². The molecule has 44 heavy (non-hydrogen) atoms. The van der Waals surface area contributed by atoms with E-state index in [1.807, 2.05) is 11.8 Å². The van der Waals surface area contributed by atoms with Gasteiger partial charge in [-0.25, -0.2) is 13.6 Å². The normalized spacial score (nSPS) is 43.5. The molecule has 2 bridgehead atoms. The lowest BCUT2D eigenvalue weighted by Gasteiger charge is -2.60. The highest BCUT2D eigenvalue weighted by atomic mass is 32.2. The summed E-state index contributed by atoms with van der Waals surface area (Å²) >= 11 is 1.47. The fraction of sp³-hybridized carbons (Fsp3) is 0.833. The minimum atomic E-state index is -1.37. The second kappa shape index (κ2) is 13.0. The third-order valence-electron chi connectivity index (χ3n) is 10.8. The summed E-state index contributed by atoms with van der Waals surface area (Å²) in [6.07, 6.45) is -0.619. The number of thioether (sulfide) groups is 1. The van der Waals surface area contributed by atoms with Crippen molar-refractivity contribution in [2.45, 2.75) is 107 Å². The van der Waals surface area contributed by atoms with Crippen molar-refractivity contribution in [3.05, 3.63) is 12.7 Å². The molecule has 11 unspecified atom stereocenters. The number of rotatable bonds is 3. The van der Waals surface area contributed by atoms with Gasteiger partial charge in [0, 0.05) is 62.3 Å². The van der Waals surface area contributed by atoms with Gasteiger partial charge in [0.25, 0.3) is 0 Å². The average Bonchev–Trinajstić information content (AvgIpc) is 2.99. The summed E-state index contributed by atoms with van der Waals surface area (Å²) in [4.78, 5) is 45.7. The van der Waals surface area contributed by atoms with Crippen molar-refractivity contribution < 1.29 is 23.2 Å². The summed E-state index contributed by atoms with van der Waals surface area (Å²) in [6, 6.07) is -2.11.